The molecule has 8 amide bonds. The van der Waals surface area contributed by atoms with Crippen LogP contribution in [0.25, 0.3) is 0 Å². The highest BCUT2D eigenvalue weighted by molar-refractivity contribution is 5.97. The molecule has 0 saturated heterocycles. The van der Waals surface area contributed by atoms with E-state index in [0.717, 1.165) is 0 Å². The first-order valence-electron chi connectivity index (χ1n) is 22.6. The van der Waals surface area contributed by atoms with Crippen LogP contribution < -0.4 is 71.2 Å². The lowest BCUT2D eigenvalue weighted by atomic mass is 10.0. The lowest BCUT2D eigenvalue weighted by molar-refractivity contribution is -0.142. The van der Waals surface area contributed by atoms with Crippen LogP contribution in [0.15, 0.2) is 17.5 Å². The maximum Gasteiger partial charge on any atom is 0.326 e. The molecule has 0 saturated carbocycles. The van der Waals surface area contributed by atoms with E-state index in [-0.39, 0.29) is 70.0 Å². The summed E-state index contributed by atoms with van der Waals surface area (Å²) in [7, 11) is 0. The summed E-state index contributed by atoms with van der Waals surface area (Å²) >= 11 is 0. The molecule has 0 aliphatic rings. The second-order valence-electron chi connectivity index (χ2n) is 16.6. The van der Waals surface area contributed by atoms with E-state index < -0.39 is 115 Å². The van der Waals surface area contributed by atoms with Crippen molar-refractivity contribution in [2.24, 2.45) is 39.6 Å². The number of aromatic amines is 1. The maximum absolute atomic E-state index is 14.1. The summed E-state index contributed by atoms with van der Waals surface area (Å²) < 4.78 is 0. The molecule has 1 aromatic rings. The van der Waals surface area contributed by atoms with Crippen LogP contribution in [0.2, 0.25) is 0 Å². The number of nitrogens with zero attached hydrogens (tertiary/aromatic N) is 2. The predicted molar refractivity (Wildman–Crippen MR) is 248 cm³/mol. The summed E-state index contributed by atoms with van der Waals surface area (Å²) in [5.41, 5.74) is 28.0. The minimum Gasteiger partial charge on any atom is -0.480 e. The normalized spacial score (nSPS) is 14.5. The zero-order chi connectivity index (χ0) is 51.3. The topological polar surface area (TPSA) is 461 Å². The SMILES string of the molecule is CC(C)C[C@H](NC(=O)[C@H](C)NC(=O)[C@H](Cc1cnc[nH]1)NC(=O)[C@H](CCCN=C(N)N)NC(=O)[C@H](CCCCN)NC(=O)CNC(=O)[C@H](CCCCN)NC(=O)[C@@H](NC(=O)CN)[C@@H](C)O)C(=O)O. The van der Waals surface area contributed by atoms with Gasteiger partial charge in [-0.05, 0) is 90.6 Å². The number of amides is 8. The van der Waals surface area contributed by atoms with Gasteiger partial charge in [-0.1, -0.05) is 13.8 Å². The molecule has 0 bridgehead atoms. The number of carboxylic acids is 1. The van der Waals surface area contributed by atoms with Crippen LogP contribution in [0.1, 0.15) is 91.2 Å². The van der Waals surface area contributed by atoms with Gasteiger partial charge in [0, 0.05) is 24.9 Å². The molecule has 384 valence electrons. The molecule has 0 aliphatic carbocycles. The number of H-pyrrole nitrogens is 1. The van der Waals surface area contributed by atoms with E-state index >= 15 is 0 Å². The second-order valence-corrected chi connectivity index (χ2v) is 16.6. The van der Waals surface area contributed by atoms with Crippen molar-refractivity contribution in [2.45, 2.75) is 140 Å². The number of aliphatic carboxylic acids is 1. The Labute approximate surface area is 395 Å². The van der Waals surface area contributed by atoms with Gasteiger partial charge in [-0.2, -0.15) is 0 Å². The fourth-order valence-corrected chi connectivity index (χ4v) is 6.47. The highest BCUT2D eigenvalue weighted by Gasteiger charge is 2.33. The van der Waals surface area contributed by atoms with E-state index in [1.54, 1.807) is 13.8 Å². The minimum atomic E-state index is -1.44. The highest BCUT2D eigenvalue weighted by Crippen LogP contribution is 2.09. The number of carbonyl (C=O) groups excluding carboxylic acids is 8. The fraction of sp³-hybridized carbons (Fsp3) is 0.683. The van der Waals surface area contributed by atoms with Gasteiger partial charge >= 0.3 is 5.97 Å². The molecule has 1 aromatic heterocycles. The number of hydrogen-bond acceptors (Lipinski definition) is 15. The molecule has 0 aliphatic heterocycles. The maximum atomic E-state index is 14.1. The molecular formula is C41H74N16O11. The lowest BCUT2D eigenvalue weighted by Gasteiger charge is -2.26. The molecule has 8 atom stereocenters. The number of aliphatic imine (C=N–C) groups is 1. The number of nitrogens with two attached hydrogens (primary N) is 5. The quantitative estimate of drug-likeness (QED) is 0.0174. The van der Waals surface area contributed by atoms with Gasteiger partial charge < -0.3 is 86.4 Å². The average molecular weight is 967 g/mol. The first-order chi connectivity index (χ1) is 32.1. The fourth-order valence-electron chi connectivity index (χ4n) is 6.47. The number of carbonyl (C=O) groups is 9. The Hall–Kier alpha value is -6.45. The summed E-state index contributed by atoms with van der Waals surface area (Å²) in [5.74, 6) is -8.02. The van der Waals surface area contributed by atoms with Crippen LogP contribution >= 0.6 is 0 Å². The van der Waals surface area contributed by atoms with Crippen molar-refractivity contribution >= 4 is 59.2 Å². The van der Waals surface area contributed by atoms with E-state index in [9.17, 15) is 53.4 Å². The molecule has 0 unspecified atom stereocenters. The van der Waals surface area contributed by atoms with Crippen molar-refractivity contribution < 1.29 is 53.4 Å². The zero-order valence-electron chi connectivity index (χ0n) is 39.3. The van der Waals surface area contributed by atoms with Gasteiger partial charge in [0.25, 0.3) is 0 Å². The van der Waals surface area contributed by atoms with Gasteiger partial charge in [-0.25, -0.2) is 9.78 Å². The summed E-state index contributed by atoms with van der Waals surface area (Å²) in [6.07, 6.45) is 3.27. The number of imidazole rings is 1. The highest BCUT2D eigenvalue weighted by atomic mass is 16.4. The van der Waals surface area contributed by atoms with Crippen molar-refractivity contribution in [3.8, 4) is 0 Å². The van der Waals surface area contributed by atoms with E-state index in [4.69, 9.17) is 28.7 Å². The van der Waals surface area contributed by atoms with Gasteiger partial charge in [0.15, 0.2) is 5.96 Å². The van der Waals surface area contributed by atoms with Gasteiger partial charge in [0.1, 0.15) is 42.3 Å². The van der Waals surface area contributed by atoms with Crippen molar-refractivity contribution in [1.82, 2.24) is 52.5 Å². The summed E-state index contributed by atoms with van der Waals surface area (Å²) in [5, 5.41) is 39.7. The number of aromatic nitrogens is 2. The predicted octanol–water partition coefficient (Wildman–Crippen LogP) is -5.74. The van der Waals surface area contributed by atoms with Crippen molar-refractivity contribution in [2.75, 3.05) is 32.7 Å². The Bertz CT molecular complexity index is 1810. The van der Waals surface area contributed by atoms with Gasteiger partial charge in [0.2, 0.25) is 47.3 Å². The molecule has 0 spiro atoms. The van der Waals surface area contributed by atoms with E-state index in [2.05, 4.69) is 57.5 Å². The Morgan fingerprint density at radius 3 is 1.69 bits per heavy atom. The average Bonchev–Trinajstić information content (AvgIpc) is 3.79. The number of guanidine groups is 1. The minimum absolute atomic E-state index is 0.0444. The van der Waals surface area contributed by atoms with Crippen molar-refractivity contribution in [1.29, 1.82) is 0 Å². The monoisotopic (exact) mass is 967 g/mol. The number of aliphatic hydroxyl groups excluding tert-OH is 1. The Morgan fingerprint density at radius 1 is 0.647 bits per heavy atom. The van der Waals surface area contributed by atoms with Gasteiger partial charge in [-0.3, -0.25) is 43.3 Å². The molecule has 1 rings (SSSR count). The first-order valence-corrected chi connectivity index (χ1v) is 22.6. The summed E-state index contributed by atoms with van der Waals surface area (Å²) in [4.78, 5) is 129. The van der Waals surface area contributed by atoms with E-state index in [1.165, 1.54) is 26.4 Å². The molecule has 0 radical (unpaired) electrons. The number of rotatable bonds is 34. The number of aliphatic hydroxyl groups is 1. The van der Waals surface area contributed by atoms with Gasteiger partial charge in [-0.15, -0.1) is 0 Å². The molecule has 0 aromatic carbocycles. The van der Waals surface area contributed by atoms with Gasteiger partial charge in [0.05, 0.1) is 25.5 Å². The Morgan fingerprint density at radius 2 is 1.18 bits per heavy atom. The Kier molecular flexibility index (Phi) is 28.3. The van der Waals surface area contributed by atoms with Crippen LogP contribution in [-0.2, 0) is 49.6 Å². The van der Waals surface area contributed by atoms with Crippen LogP contribution in [0, 0.1) is 5.92 Å². The van der Waals surface area contributed by atoms with Crippen molar-refractivity contribution in [3.63, 3.8) is 0 Å². The van der Waals surface area contributed by atoms with Crippen LogP contribution in [0.4, 0.5) is 0 Å². The number of carboxylic acid groups (broad SMARTS) is 1. The first kappa shape index (κ1) is 59.6. The third kappa shape index (κ3) is 23.8. The zero-order valence-corrected chi connectivity index (χ0v) is 39.3. The smallest absolute Gasteiger partial charge is 0.326 e. The van der Waals surface area contributed by atoms with E-state index in [1.807, 2.05) is 0 Å². The molecule has 27 nitrogen and oxygen atoms in total. The van der Waals surface area contributed by atoms with E-state index in [0.29, 0.717) is 31.4 Å². The summed E-state index contributed by atoms with van der Waals surface area (Å²) in [6, 6.07) is -9.12. The molecule has 0 fully saturated rings. The third-order valence-corrected chi connectivity index (χ3v) is 10.1. The van der Waals surface area contributed by atoms with Crippen LogP contribution in [-0.4, -0.2) is 160 Å². The third-order valence-electron chi connectivity index (χ3n) is 10.1. The van der Waals surface area contributed by atoms with Crippen molar-refractivity contribution in [3.05, 3.63) is 18.2 Å². The van der Waals surface area contributed by atoms with Crippen LogP contribution in [0.3, 0.4) is 0 Å². The molecule has 1 heterocycles. The number of hydrogen-bond donors (Lipinski definition) is 16. The number of unbranched alkanes of at least 4 members (excludes halogenated alkanes) is 2. The summed E-state index contributed by atoms with van der Waals surface area (Å²) in [6.45, 7) is 5.65. The molecule has 21 N–H and O–H groups in total. The molecule has 27 heteroatoms. The standard InChI is InChI=1S/C41H74N16O11/c1-22(2)16-30(40(67)68)56-34(61)23(3)51-38(65)29(17-25-19-47-21-50-25)55-37(64)28(12-9-15-48-41(45)46)53-36(63)27(11-6-8-14-43)52-32(60)20-49-35(62)26(10-5-7-13-42)54-39(66)33(24(4)58)57-31(59)18-44/h19,21-24,26-30,33,58H,5-18,20,42-44H2,1-4H3,(H,47,50)(H,49,62)(H,51,65)(H,52,60)(H,53,63)(H,54,66)(H,55,64)(H,56,61)(H,57,59)(H,67,68)(H4,45,46,48)/t23-,24+,26-,27-,28-,29-,30-,33-/m0/s1. The molecule has 68 heavy (non-hydrogen) atoms. The number of nitrogens with one attached hydrogen (secondary N) is 9. The lowest BCUT2D eigenvalue weighted by Crippen LogP contribution is -2.59. The second kappa shape index (κ2) is 32.3. The molecular weight excluding hydrogens is 893 g/mol. The largest absolute Gasteiger partial charge is 0.480 e. The Balaban J connectivity index is 3.33. The van der Waals surface area contributed by atoms with Crippen LogP contribution in [0.5, 0.6) is 0 Å².